The Morgan fingerprint density at radius 1 is 1.26 bits per heavy atom. The number of carbonyl (C=O) groups excluding carboxylic acids is 3. The molecule has 1 aliphatic heterocycles. The van der Waals surface area contributed by atoms with Crippen LogP contribution in [0.1, 0.15) is 25.0 Å². The van der Waals surface area contributed by atoms with Crippen LogP contribution in [0.4, 0.5) is 10.5 Å². The molecule has 0 aromatic heterocycles. The van der Waals surface area contributed by atoms with E-state index in [1.165, 1.54) is 38.3 Å². The van der Waals surface area contributed by atoms with Crippen molar-refractivity contribution >= 4 is 52.2 Å². The number of nitrogens with zero attached hydrogens (tertiary/aromatic N) is 2. The van der Waals surface area contributed by atoms with Crippen LogP contribution in [0.25, 0.3) is 6.08 Å². The van der Waals surface area contributed by atoms with Crippen molar-refractivity contribution in [1.29, 1.82) is 0 Å². The highest BCUT2D eigenvalue weighted by atomic mass is 35.5. The minimum absolute atomic E-state index is 0.00509. The molecule has 10 nitrogen and oxygen atoms in total. The Morgan fingerprint density at radius 2 is 2.00 bits per heavy atom. The van der Waals surface area contributed by atoms with Gasteiger partial charge in [0.05, 0.1) is 28.6 Å². The molecule has 35 heavy (non-hydrogen) atoms. The maximum absolute atomic E-state index is 12.8. The van der Waals surface area contributed by atoms with E-state index in [2.05, 4.69) is 4.74 Å². The first-order valence-corrected chi connectivity index (χ1v) is 11.5. The average Bonchev–Trinajstić information content (AvgIpc) is 3.10. The van der Waals surface area contributed by atoms with Crippen LogP contribution < -0.4 is 9.47 Å². The van der Waals surface area contributed by atoms with Crippen LogP contribution in [0.5, 0.6) is 11.5 Å². The highest BCUT2D eigenvalue weighted by Crippen LogP contribution is 2.40. The fourth-order valence-electron chi connectivity index (χ4n) is 3.23. The Hall–Kier alpha value is -3.57. The number of non-ortho nitro benzene ring substituents is 1. The van der Waals surface area contributed by atoms with Gasteiger partial charge in [-0.05, 0) is 54.9 Å². The van der Waals surface area contributed by atoms with Gasteiger partial charge >= 0.3 is 5.97 Å². The van der Waals surface area contributed by atoms with E-state index in [9.17, 15) is 24.5 Å². The highest BCUT2D eigenvalue weighted by molar-refractivity contribution is 8.18. The van der Waals surface area contributed by atoms with Crippen molar-refractivity contribution in [2.75, 3.05) is 13.7 Å². The molecule has 0 spiro atoms. The summed E-state index contributed by atoms with van der Waals surface area (Å²) in [5, 5.41) is 10.6. The molecule has 184 valence electrons. The molecule has 0 saturated carbocycles. The molecular formula is C23H21ClN2O8S. The zero-order valence-electron chi connectivity index (χ0n) is 19.0. The number of hydrogen-bond donors (Lipinski definition) is 0. The highest BCUT2D eigenvalue weighted by Gasteiger charge is 2.41. The van der Waals surface area contributed by atoms with Crippen LogP contribution in [0, 0.1) is 10.1 Å². The molecule has 12 heteroatoms. The molecule has 2 amide bonds. The topological polar surface area (TPSA) is 125 Å². The van der Waals surface area contributed by atoms with Gasteiger partial charge in [-0.2, -0.15) is 0 Å². The number of amides is 2. The zero-order valence-corrected chi connectivity index (χ0v) is 20.6. The van der Waals surface area contributed by atoms with Gasteiger partial charge in [-0.1, -0.05) is 23.7 Å². The first-order chi connectivity index (χ1) is 16.7. The van der Waals surface area contributed by atoms with Crippen LogP contribution in [0.15, 0.2) is 41.3 Å². The van der Waals surface area contributed by atoms with Crippen molar-refractivity contribution in [3.05, 3.63) is 67.6 Å². The molecule has 3 rings (SSSR count). The summed E-state index contributed by atoms with van der Waals surface area (Å²) in [6, 6.07) is 8.07. The van der Waals surface area contributed by atoms with Gasteiger partial charge in [-0.3, -0.25) is 24.6 Å². The lowest BCUT2D eigenvalue weighted by Crippen LogP contribution is -2.42. The second kappa shape index (κ2) is 11.2. The predicted octanol–water partition coefficient (Wildman–Crippen LogP) is 4.82. The van der Waals surface area contributed by atoms with Crippen LogP contribution in [0.3, 0.4) is 0 Å². The summed E-state index contributed by atoms with van der Waals surface area (Å²) in [5.74, 6) is -0.818. The van der Waals surface area contributed by atoms with E-state index in [0.717, 1.165) is 4.90 Å². The predicted molar refractivity (Wildman–Crippen MR) is 129 cm³/mol. The summed E-state index contributed by atoms with van der Waals surface area (Å²) in [4.78, 5) is 48.3. The van der Waals surface area contributed by atoms with Gasteiger partial charge in [0.15, 0.2) is 11.5 Å². The molecule has 1 fully saturated rings. The number of thioether (sulfide) groups is 1. The lowest BCUT2D eigenvalue weighted by molar-refractivity contribution is -0.384. The number of nitro groups is 1. The second-order valence-corrected chi connectivity index (χ2v) is 8.63. The second-order valence-electron chi connectivity index (χ2n) is 7.23. The van der Waals surface area contributed by atoms with Crippen molar-refractivity contribution in [2.45, 2.75) is 26.5 Å². The van der Waals surface area contributed by atoms with E-state index in [4.69, 9.17) is 21.1 Å². The Labute approximate surface area is 209 Å². The lowest BCUT2D eigenvalue weighted by atomic mass is 10.1. The van der Waals surface area contributed by atoms with Gasteiger partial charge in [-0.25, -0.2) is 4.79 Å². The van der Waals surface area contributed by atoms with Gasteiger partial charge in [0.1, 0.15) is 12.6 Å². The van der Waals surface area contributed by atoms with Crippen LogP contribution in [-0.2, 0) is 20.9 Å². The minimum Gasteiger partial charge on any atom is -0.490 e. The van der Waals surface area contributed by atoms with E-state index in [0.29, 0.717) is 35.2 Å². The van der Waals surface area contributed by atoms with Crippen molar-refractivity contribution in [1.82, 2.24) is 4.90 Å². The molecule has 1 aliphatic rings. The van der Waals surface area contributed by atoms with Gasteiger partial charge < -0.3 is 14.2 Å². The number of benzene rings is 2. The molecule has 2 aromatic carbocycles. The van der Waals surface area contributed by atoms with Gasteiger partial charge in [0.2, 0.25) is 0 Å². The number of imide groups is 1. The SMILES string of the molecule is CCOc1cc(/C=C2/SC(=O)N([C@H](C)C(=O)OC)C2=O)cc(Cl)c1OCc1cccc([N+](=O)[O-])c1. The molecule has 1 saturated heterocycles. The smallest absolute Gasteiger partial charge is 0.328 e. The van der Waals surface area contributed by atoms with E-state index >= 15 is 0 Å². The normalized spacial score (nSPS) is 15.3. The van der Waals surface area contributed by atoms with Crippen molar-refractivity contribution in [2.24, 2.45) is 0 Å². The lowest BCUT2D eigenvalue weighted by Gasteiger charge is -2.18. The third kappa shape index (κ3) is 5.92. The fraction of sp³-hybridized carbons (Fsp3) is 0.261. The van der Waals surface area contributed by atoms with Crippen molar-refractivity contribution in [3.8, 4) is 11.5 Å². The van der Waals surface area contributed by atoms with Crippen LogP contribution in [-0.4, -0.2) is 46.7 Å². The quantitative estimate of drug-likeness (QED) is 0.198. The standard InChI is InChI=1S/C23H21ClN2O8S/c1-4-33-18-10-15(11-19-21(27)25(23(29)35-19)13(2)22(28)32-3)9-17(24)20(18)34-12-14-6-5-7-16(8-14)26(30)31/h5-11,13H,4,12H2,1-3H3/b19-11+/t13-/m1/s1. The van der Waals surface area contributed by atoms with Crippen LogP contribution in [0.2, 0.25) is 5.02 Å². The number of methoxy groups -OCH3 is 1. The molecule has 0 aliphatic carbocycles. The summed E-state index contributed by atoms with van der Waals surface area (Å²) in [6.45, 7) is 3.47. The average molecular weight is 521 g/mol. The number of nitro benzene ring substituents is 1. The Morgan fingerprint density at radius 3 is 2.66 bits per heavy atom. The Balaban J connectivity index is 1.86. The Kier molecular flexibility index (Phi) is 8.36. The van der Waals surface area contributed by atoms with E-state index in [1.807, 2.05) is 0 Å². The first kappa shape index (κ1) is 26.0. The largest absolute Gasteiger partial charge is 0.490 e. The van der Waals surface area contributed by atoms with Crippen molar-refractivity contribution < 1.29 is 33.5 Å². The summed E-state index contributed by atoms with van der Waals surface area (Å²) in [5.41, 5.74) is 0.973. The monoisotopic (exact) mass is 520 g/mol. The third-order valence-corrected chi connectivity index (χ3v) is 6.05. The minimum atomic E-state index is -1.06. The number of hydrogen-bond acceptors (Lipinski definition) is 9. The number of halogens is 1. The molecule has 0 N–H and O–H groups in total. The van der Waals surface area contributed by atoms with E-state index in [-0.39, 0.29) is 28.0 Å². The molecular weight excluding hydrogens is 500 g/mol. The van der Waals surface area contributed by atoms with Gasteiger partial charge in [-0.15, -0.1) is 0 Å². The molecule has 0 unspecified atom stereocenters. The number of esters is 1. The van der Waals surface area contributed by atoms with Gasteiger partial charge in [0, 0.05) is 12.1 Å². The maximum Gasteiger partial charge on any atom is 0.328 e. The number of rotatable bonds is 9. The number of ether oxygens (including phenoxy) is 3. The fourth-order valence-corrected chi connectivity index (χ4v) is 4.41. The first-order valence-electron chi connectivity index (χ1n) is 10.3. The molecule has 0 bridgehead atoms. The van der Waals surface area contributed by atoms with Crippen molar-refractivity contribution in [3.63, 3.8) is 0 Å². The van der Waals surface area contributed by atoms with Crippen LogP contribution >= 0.6 is 23.4 Å². The summed E-state index contributed by atoms with van der Waals surface area (Å²) < 4.78 is 16.1. The van der Waals surface area contributed by atoms with E-state index in [1.54, 1.807) is 25.1 Å². The van der Waals surface area contributed by atoms with Gasteiger partial charge in [0.25, 0.3) is 16.8 Å². The Bertz CT molecular complexity index is 1220. The zero-order chi connectivity index (χ0) is 25.7. The summed E-state index contributed by atoms with van der Waals surface area (Å²) in [6.07, 6.45) is 1.47. The third-order valence-electron chi connectivity index (χ3n) is 4.89. The maximum atomic E-state index is 12.8. The summed E-state index contributed by atoms with van der Waals surface area (Å²) in [7, 11) is 1.17. The molecule has 0 radical (unpaired) electrons. The molecule has 1 atom stereocenters. The summed E-state index contributed by atoms with van der Waals surface area (Å²) >= 11 is 7.13. The van der Waals surface area contributed by atoms with E-state index < -0.39 is 28.1 Å². The number of carbonyl (C=O) groups is 3. The molecule has 1 heterocycles. The molecule has 2 aromatic rings.